The Bertz CT molecular complexity index is 687. The predicted molar refractivity (Wildman–Crippen MR) is 58.3 cm³/mol. The smallest absolute Gasteiger partial charge is 0.459 e. The Balaban J connectivity index is 0. The largest absolute Gasteiger partial charge is 0.746 e. The maximum Gasteiger partial charge on any atom is 0.459 e. The summed E-state index contributed by atoms with van der Waals surface area (Å²) in [5.41, 5.74) is -8.53. The summed E-state index contributed by atoms with van der Waals surface area (Å²) >= 11 is -3.36. The molecule has 0 saturated heterocycles. The highest BCUT2D eigenvalue weighted by Gasteiger charge is 2.95. The van der Waals surface area contributed by atoms with Crippen molar-refractivity contribution in [2.24, 2.45) is 0 Å². The molecule has 0 spiro atoms. The molecule has 0 rings (SSSR count). The minimum Gasteiger partial charge on any atom is -0.746 e. The van der Waals surface area contributed by atoms with Crippen molar-refractivity contribution in [3.63, 3.8) is 0 Å². The molecule has 0 aromatic heterocycles. The first-order valence-electron chi connectivity index (χ1n) is 5.96. The van der Waals surface area contributed by atoms with Crippen LogP contribution in [-0.2, 0) is 11.5 Å². The molecule has 0 amide bonds. The molecule has 2 N–H and O–H groups in total. The zero-order valence-corrected chi connectivity index (χ0v) is 13.9. The standard InChI is InChI=1S/C9H2F16O2.FHO2S/c10-1(2(11)12)3(13,26)5(15,16)4(14,8(20,21)22)7(19,27)6(17,18)9(23,24)25;1-4(2)3/h26-27H;(H,2,3)/p-1. The van der Waals surface area contributed by atoms with Crippen molar-refractivity contribution in [3.05, 3.63) is 11.9 Å². The molecule has 0 saturated carbocycles. The maximum absolute atomic E-state index is 13.7. The fourth-order valence-corrected chi connectivity index (χ4v) is 1.47. The number of hydrogen-bond acceptors (Lipinski definition) is 4. The third-order valence-corrected chi connectivity index (χ3v) is 2.92. The first-order chi connectivity index (χ1) is 13.1. The summed E-state index contributed by atoms with van der Waals surface area (Å²) in [5, 5.41) is 16.3. The van der Waals surface area contributed by atoms with Crippen LogP contribution in [0.3, 0.4) is 0 Å². The monoisotopic (exact) mass is 529 g/mol. The summed E-state index contributed by atoms with van der Waals surface area (Å²) in [6.45, 7) is 0. The van der Waals surface area contributed by atoms with E-state index in [4.69, 9.17) is 19.0 Å². The number of halogens is 17. The Labute approximate surface area is 159 Å². The second-order valence-corrected chi connectivity index (χ2v) is 5.20. The Morgan fingerprint density at radius 1 is 0.677 bits per heavy atom. The van der Waals surface area contributed by atoms with Crippen molar-refractivity contribution in [3.8, 4) is 0 Å². The van der Waals surface area contributed by atoms with Gasteiger partial charge in [0.05, 0.1) is 0 Å². The van der Waals surface area contributed by atoms with Crippen LogP contribution < -0.4 is 0 Å². The molecule has 188 valence electrons. The number of alkyl halides is 13. The van der Waals surface area contributed by atoms with Crippen LogP contribution in [0.25, 0.3) is 0 Å². The Kier molecular flexibility index (Phi) is 9.06. The van der Waals surface area contributed by atoms with Crippen LogP contribution in [0.2, 0.25) is 0 Å². The van der Waals surface area contributed by atoms with E-state index in [0.29, 0.717) is 0 Å². The summed E-state index contributed by atoms with van der Waals surface area (Å²) in [7, 11) is 0. The van der Waals surface area contributed by atoms with E-state index in [0.717, 1.165) is 0 Å². The van der Waals surface area contributed by atoms with E-state index in [1.165, 1.54) is 0 Å². The Morgan fingerprint density at radius 3 is 1.16 bits per heavy atom. The van der Waals surface area contributed by atoms with E-state index in [1.54, 1.807) is 0 Å². The van der Waals surface area contributed by atoms with Gasteiger partial charge in [0.1, 0.15) is 11.5 Å². The molecule has 4 nitrogen and oxygen atoms in total. The Morgan fingerprint density at radius 2 is 0.968 bits per heavy atom. The Hall–Kier alpha value is -1.42. The molecular weight excluding hydrogens is 527 g/mol. The molecule has 31 heavy (non-hydrogen) atoms. The van der Waals surface area contributed by atoms with E-state index < -0.39 is 64.9 Å². The van der Waals surface area contributed by atoms with Crippen molar-refractivity contribution in [2.75, 3.05) is 0 Å². The van der Waals surface area contributed by atoms with Crippen LogP contribution in [-0.4, -0.2) is 60.6 Å². The van der Waals surface area contributed by atoms with Gasteiger partial charge in [0.15, 0.2) is 0 Å². The highest BCUT2D eigenvalue weighted by molar-refractivity contribution is 7.73. The topological polar surface area (TPSA) is 80.6 Å². The molecule has 0 heterocycles. The van der Waals surface area contributed by atoms with E-state index in [1.807, 2.05) is 0 Å². The molecule has 0 radical (unpaired) electrons. The van der Waals surface area contributed by atoms with Gasteiger partial charge in [-0.05, 0) is 0 Å². The third-order valence-electron chi connectivity index (χ3n) is 2.92. The lowest BCUT2D eigenvalue weighted by atomic mass is 9.80. The summed E-state index contributed by atoms with van der Waals surface area (Å²) in [4.78, 5) is 0. The van der Waals surface area contributed by atoms with Crippen LogP contribution in [0.4, 0.5) is 74.1 Å². The van der Waals surface area contributed by atoms with Crippen molar-refractivity contribution < 1.29 is 93.1 Å². The van der Waals surface area contributed by atoms with Crippen molar-refractivity contribution in [2.45, 2.75) is 41.6 Å². The normalized spacial score (nSPS) is 20.4. The lowest BCUT2D eigenvalue weighted by Gasteiger charge is -2.46. The summed E-state index contributed by atoms with van der Waals surface area (Å²) < 4.78 is 228. The van der Waals surface area contributed by atoms with Crippen LogP contribution in [0, 0.1) is 0 Å². The SMILES string of the molecule is O=S([O-])F.OC(F)(C(F)=C(F)F)C(F)(F)C(F)(C(F)(F)F)C(O)(F)C(F)(F)C(F)(F)F. The van der Waals surface area contributed by atoms with Gasteiger partial charge >= 0.3 is 47.7 Å². The molecular formula is C9H2F17O4S-. The van der Waals surface area contributed by atoms with Gasteiger partial charge in [0.2, 0.25) is 5.83 Å². The first kappa shape index (κ1) is 31.8. The van der Waals surface area contributed by atoms with Crippen LogP contribution in [0.15, 0.2) is 11.9 Å². The second-order valence-electron chi connectivity index (χ2n) is 4.82. The molecule has 22 heteroatoms. The summed E-state index contributed by atoms with van der Waals surface area (Å²) in [6.07, 6.45) is -20.4. The van der Waals surface area contributed by atoms with E-state index >= 15 is 0 Å². The van der Waals surface area contributed by atoms with E-state index in [9.17, 15) is 74.1 Å². The number of aliphatic hydroxyl groups is 2. The van der Waals surface area contributed by atoms with Crippen LogP contribution in [0.1, 0.15) is 0 Å². The predicted octanol–water partition coefficient (Wildman–Crippen LogP) is 4.23. The quantitative estimate of drug-likeness (QED) is 0.318. The molecule has 0 fully saturated rings. The van der Waals surface area contributed by atoms with Gasteiger partial charge in [0.25, 0.3) is 0 Å². The van der Waals surface area contributed by atoms with Gasteiger partial charge in [-0.3, -0.25) is 0 Å². The average molecular weight is 529 g/mol. The zero-order valence-electron chi connectivity index (χ0n) is 13.0. The van der Waals surface area contributed by atoms with E-state index in [-0.39, 0.29) is 0 Å². The number of hydrogen-bond donors (Lipinski definition) is 2. The first-order valence-corrected chi connectivity index (χ1v) is 6.93. The third kappa shape index (κ3) is 5.16. The lowest BCUT2D eigenvalue weighted by Crippen LogP contribution is -2.79. The van der Waals surface area contributed by atoms with Crippen molar-refractivity contribution in [1.29, 1.82) is 0 Å². The molecule has 0 aliphatic carbocycles. The van der Waals surface area contributed by atoms with Crippen molar-refractivity contribution in [1.82, 2.24) is 0 Å². The molecule has 0 aliphatic rings. The fourth-order valence-electron chi connectivity index (χ4n) is 1.47. The van der Waals surface area contributed by atoms with Crippen molar-refractivity contribution >= 4 is 11.5 Å². The zero-order chi connectivity index (χ0) is 26.2. The molecule has 4 unspecified atom stereocenters. The minimum atomic E-state index is -8.53. The average Bonchev–Trinajstić information content (AvgIpc) is 2.49. The van der Waals surface area contributed by atoms with Crippen LogP contribution in [0.5, 0.6) is 0 Å². The lowest BCUT2D eigenvalue weighted by molar-refractivity contribution is -0.476. The molecule has 0 aliphatic heterocycles. The van der Waals surface area contributed by atoms with E-state index in [2.05, 4.69) is 0 Å². The van der Waals surface area contributed by atoms with Gasteiger partial charge in [0, 0.05) is 0 Å². The van der Waals surface area contributed by atoms with Gasteiger partial charge < -0.3 is 14.8 Å². The molecule has 0 aromatic carbocycles. The van der Waals surface area contributed by atoms with Gasteiger partial charge in [-0.2, -0.15) is 61.5 Å². The fraction of sp³-hybridized carbons (Fsp3) is 0.778. The highest BCUT2D eigenvalue weighted by Crippen LogP contribution is 2.63. The summed E-state index contributed by atoms with van der Waals surface area (Å²) in [5.74, 6) is -36.6. The maximum atomic E-state index is 13.7. The van der Waals surface area contributed by atoms with Gasteiger partial charge in [-0.25, -0.2) is 13.0 Å². The highest BCUT2D eigenvalue weighted by atomic mass is 32.2. The molecule has 0 aromatic rings. The summed E-state index contributed by atoms with van der Waals surface area (Å²) in [6, 6.07) is 0. The minimum absolute atomic E-state index is 3.36. The molecule has 0 bridgehead atoms. The molecule has 4 atom stereocenters. The second kappa shape index (κ2) is 8.84. The number of rotatable bonds is 5. The van der Waals surface area contributed by atoms with Gasteiger partial charge in [-0.1, -0.05) is 0 Å². The van der Waals surface area contributed by atoms with Crippen LogP contribution >= 0.6 is 0 Å². The van der Waals surface area contributed by atoms with Gasteiger partial charge in [-0.15, -0.1) is 3.89 Å².